The lowest BCUT2D eigenvalue weighted by atomic mass is 10.1. The van der Waals surface area contributed by atoms with Crippen molar-refractivity contribution in [3.05, 3.63) is 52.4 Å². The Balaban J connectivity index is 2.04. The molecule has 2 heterocycles. The van der Waals surface area contributed by atoms with E-state index in [1.54, 1.807) is 13.8 Å². The Bertz CT molecular complexity index is 1070. The van der Waals surface area contributed by atoms with E-state index in [0.29, 0.717) is 5.69 Å². The normalized spacial score (nSPS) is 18.7. The average Bonchev–Trinajstić information content (AvgIpc) is 3.14. The molecule has 0 radical (unpaired) electrons. The molecule has 1 fully saturated rings. The van der Waals surface area contributed by atoms with Gasteiger partial charge in [-0.3, -0.25) is 4.79 Å². The van der Waals surface area contributed by atoms with Crippen molar-refractivity contribution < 1.29 is 22.4 Å². The molecular weight excluding hydrogens is 448 g/mol. The molecule has 1 amide bonds. The maximum atomic E-state index is 13.6. The molecule has 1 aromatic heterocycles. The van der Waals surface area contributed by atoms with Crippen LogP contribution in [-0.4, -0.2) is 29.5 Å². The van der Waals surface area contributed by atoms with Crippen molar-refractivity contribution in [2.75, 3.05) is 16.3 Å². The average molecular weight is 469 g/mol. The van der Waals surface area contributed by atoms with Crippen LogP contribution in [0.1, 0.15) is 31.5 Å². The van der Waals surface area contributed by atoms with E-state index in [9.17, 15) is 27.6 Å². The number of benzene rings is 1. The Morgan fingerprint density at radius 3 is 2.56 bits per heavy atom. The number of carbonyl (C=O) groups excluding carboxylic acids is 1. The Morgan fingerprint density at radius 1 is 1.31 bits per heavy atom. The third-order valence-electron chi connectivity index (χ3n) is 5.27. The summed E-state index contributed by atoms with van der Waals surface area (Å²) in [6.07, 6.45) is -4.45. The fraction of sp³-hybridized carbons (Fsp3) is 0.409. The highest BCUT2D eigenvalue weighted by atomic mass is 35.5. The fourth-order valence-corrected chi connectivity index (χ4v) is 4.03. The SMILES string of the molecule is Cc1cc(C(F)(F)F)cc(N2C[C@@H](C#N)C[C@H]2C(=O)N(c2ccc(F)c(Cl)c2)C(C)C)n1. The standard InChI is InChI=1S/C22H21ClF4N4O/c1-12(2)31(16-4-5-18(24)17(23)9-16)21(32)19-7-14(10-28)11-30(19)20-8-15(22(25,26)27)6-13(3)29-20/h4-6,8-9,12,14,19H,7,11H2,1-3H3/t14-,19+/m1/s1. The Hall–Kier alpha value is -2.86. The molecule has 5 nitrogen and oxygen atoms in total. The molecular formula is C22H21ClF4N4O. The molecule has 1 aliphatic heterocycles. The summed E-state index contributed by atoms with van der Waals surface area (Å²) in [5.41, 5.74) is -0.380. The molecule has 2 aromatic rings. The van der Waals surface area contributed by atoms with E-state index >= 15 is 0 Å². The van der Waals surface area contributed by atoms with Gasteiger partial charge in [-0.2, -0.15) is 18.4 Å². The van der Waals surface area contributed by atoms with Gasteiger partial charge in [0.2, 0.25) is 5.91 Å². The largest absolute Gasteiger partial charge is 0.416 e. The number of anilines is 2. The molecule has 170 valence electrons. The quantitative estimate of drug-likeness (QED) is 0.567. The van der Waals surface area contributed by atoms with Crippen molar-refractivity contribution in [2.45, 2.75) is 45.5 Å². The highest BCUT2D eigenvalue weighted by Crippen LogP contribution is 2.36. The number of halogens is 5. The molecule has 0 bridgehead atoms. The number of hydrogen-bond donors (Lipinski definition) is 0. The summed E-state index contributed by atoms with van der Waals surface area (Å²) in [6, 6.07) is 6.52. The molecule has 0 aliphatic carbocycles. The summed E-state index contributed by atoms with van der Waals surface area (Å²) in [6.45, 7) is 5.01. The van der Waals surface area contributed by atoms with E-state index in [2.05, 4.69) is 11.1 Å². The van der Waals surface area contributed by atoms with Crippen LogP contribution in [0.15, 0.2) is 30.3 Å². The first-order valence-corrected chi connectivity index (χ1v) is 10.3. The van der Waals surface area contributed by atoms with Gasteiger partial charge in [0.05, 0.1) is 22.6 Å². The van der Waals surface area contributed by atoms with E-state index in [4.69, 9.17) is 11.6 Å². The molecule has 10 heteroatoms. The van der Waals surface area contributed by atoms with Crippen LogP contribution in [-0.2, 0) is 11.0 Å². The Kier molecular flexibility index (Phi) is 6.65. The number of aryl methyl sites for hydroxylation is 1. The van der Waals surface area contributed by atoms with E-state index in [1.807, 2.05) is 0 Å². The van der Waals surface area contributed by atoms with Gasteiger partial charge in [-0.1, -0.05) is 11.6 Å². The molecule has 1 saturated heterocycles. The second kappa shape index (κ2) is 8.94. The minimum Gasteiger partial charge on any atom is -0.343 e. The van der Waals surface area contributed by atoms with Crippen LogP contribution in [0.4, 0.5) is 29.1 Å². The molecule has 0 spiro atoms. The molecule has 0 saturated carbocycles. The summed E-state index contributed by atoms with van der Waals surface area (Å²) >= 11 is 5.89. The van der Waals surface area contributed by atoms with Gasteiger partial charge >= 0.3 is 6.18 Å². The van der Waals surface area contributed by atoms with E-state index in [1.165, 1.54) is 28.9 Å². The van der Waals surface area contributed by atoms with Gasteiger partial charge < -0.3 is 9.80 Å². The molecule has 0 N–H and O–H groups in total. The number of carbonyl (C=O) groups is 1. The van der Waals surface area contributed by atoms with Crippen LogP contribution in [0, 0.1) is 30.0 Å². The van der Waals surface area contributed by atoms with Crippen molar-refractivity contribution in [3.8, 4) is 6.07 Å². The van der Waals surface area contributed by atoms with Gasteiger partial charge in [0.25, 0.3) is 0 Å². The summed E-state index contributed by atoms with van der Waals surface area (Å²) in [5.74, 6) is -1.65. The maximum Gasteiger partial charge on any atom is 0.416 e. The number of nitriles is 1. The van der Waals surface area contributed by atoms with Crippen LogP contribution in [0.3, 0.4) is 0 Å². The van der Waals surface area contributed by atoms with Gasteiger partial charge in [0, 0.05) is 24.0 Å². The molecule has 0 unspecified atom stereocenters. The van der Waals surface area contributed by atoms with Gasteiger partial charge in [0.15, 0.2) is 0 Å². The van der Waals surface area contributed by atoms with Crippen molar-refractivity contribution in [3.63, 3.8) is 0 Å². The fourth-order valence-electron chi connectivity index (χ4n) is 3.85. The number of aromatic nitrogens is 1. The number of rotatable bonds is 4. The van der Waals surface area contributed by atoms with Crippen molar-refractivity contribution in [1.82, 2.24) is 4.98 Å². The summed E-state index contributed by atoms with van der Waals surface area (Å²) in [5, 5.41) is 9.28. The number of hydrogen-bond acceptors (Lipinski definition) is 4. The topological polar surface area (TPSA) is 60.2 Å². The smallest absolute Gasteiger partial charge is 0.343 e. The van der Waals surface area contributed by atoms with Crippen LogP contribution >= 0.6 is 11.6 Å². The predicted molar refractivity (Wildman–Crippen MR) is 113 cm³/mol. The first-order valence-electron chi connectivity index (χ1n) is 9.92. The minimum absolute atomic E-state index is 0.0192. The number of nitrogens with zero attached hydrogens (tertiary/aromatic N) is 4. The molecule has 2 atom stereocenters. The van der Waals surface area contributed by atoms with E-state index in [0.717, 1.165) is 18.2 Å². The Morgan fingerprint density at radius 2 is 2.00 bits per heavy atom. The van der Waals surface area contributed by atoms with Crippen LogP contribution in [0.2, 0.25) is 5.02 Å². The van der Waals surface area contributed by atoms with Gasteiger partial charge in [-0.15, -0.1) is 0 Å². The van der Waals surface area contributed by atoms with Crippen LogP contribution in [0.25, 0.3) is 0 Å². The van der Waals surface area contributed by atoms with E-state index in [-0.39, 0.29) is 35.5 Å². The third-order valence-corrected chi connectivity index (χ3v) is 5.56. The third kappa shape index (κ3) is 4.80. The lowest BCUT2D eigenvalue weighted by Gasteiger charge is -2.33. The molecule has 32 heavy (non-hydrogen) atoms. The number of pyridine rings is 1. The monoisotopic (exact) mass is 468 g/mol. The van der Waals surface area contributed by atoms with Crippen molar-refractivity contribution in [2.24, 2.45) is 5.92 Å². The van der Waals surface area contributed by atoms with Crippen LogP contribution in [0.5, 0.6) is 0 Å². The van der Waals surface area contributed by atoms with E-state index < -0.39 is 35.4 Å². The number of amides is 1. The van der Waals surface area contributed by atoms with Gasteiger partial charge in [0.1, 0.15) is 17.7 Å². The van der Waals surface area contributed by atoms with Crippen molar-refractivity contribution >= 4 is 29.0 Å². The lowest BCUT2D eigenvalue weighted by molar-refractivity contribution is -0.137. The first-order chi connectivity index (χ1) is 14.9. The number of alkyl halides is 3. The predicted octanol–water partition coefficient (Wildman–Crippen LogP) is 5.36. The van der Waals surface area contributed by atoms with Gasteiger partial charge in [-0.25, -0.2) is 9.37 Å². The first kappa shape index (κ1) is 23.8. The minimum atomic E-state index is -4.58. The Labute approximate surface area is 188 Å². The highest BCUT2D eigenvalue weighted by Gasteiger charge is 2.42. The maximum absolute atomic E-state index is 13.6. The zero-order valence-corrected chi connectivity index (χ0v) is 18.4. The highest BCUT2D eigenvalue weighted by molar-refractivity contribution is 6.31. The zero-order valence-electron chi connectivity index (χ0n) is 17.6. The summed E-state index contributed by atoms with van der Waals surface area (Å²) < 4.78 is 53.7. The van der Waals surface area contributed by atoms with Gasteiger partial charge in [-0.05, 0) is 57.5 Å². The second-order valence-corrected chi connectivity index (χ2v) is 8.39. The van der Waals surface area contributed by atoms with Crippen LogP contribution < -0.4 is 9.80 Å². The molecule has 1 aromatic carbocycles. The summed E-state index contributed by atoms with van der Waals surface area (Å²) in [4.78, 5) is 20.6. The molecule has 3 rings (SSSR count). The second-order valence-electron chi connectivity index (χ2n) is 7.98. The molecule has 1 aliphatic rings. The lowest BCUT2D eigenvalue weighted by Crippen LogP contribution is -2.49. The zero-order chi connectivity index (χ0) is 23.8. The summed E-state index contributed by atoms with van der Waals surface area (Å²) in [7, 11) is 0. The van der Waals surface area contributed by atoms with Crippen molar-refractivity contribution in [1.29, 1.82) is 5.26 Å².